The molecule has 7 heteroatoms. The normalized spacial score (nSPS) is 32.8. The molecule has 2 aliphatic heterocycles. The third-order valence-electron chi connectivity index (χ3n) is 5.82. The van der Waals surface area contributed by atoms with Crippen molar-refractivity contribution in [2.45, 2.75) is 12.8 Å². The Bertz CT molecular complexity index is 783. The summed E-state index contributed by atoms with van der Waals surface area (Å²) in [6, 6.07) is 1.51. The molecule has 22 heavy (non-hydrogen) atoms. The molecule has 5 rings (SSSR count). The largest absolute Gasteiger partial charge is 0.477 e. The molecule has 0 aromatic carbocycles. The molecule has 3 fully saturated rings. The summed E-state index contributed by atoms with van der Waals surface area (Å²) in [6.45, 7) is 3.40. The summed E-state index contributed by atoms with van der Waals surface area (Å²) < 4.78 is 7.61. The molecule has 3 aliphatic rings. The average molecular weight is 300 g/mol. The van der Waals surface area contributed by atoms with Crippen LogP contribution in [0.5, 0.6) is 0 Å². The molecule has 2 unspecified atom stereocenters. The second-order valence-electron chi connectivity index (χ2n) is 6.81. The van der Waals surface area contributed by atoms with Crippen molar-refractivity contribution in [2.24, 2.45) is 10.8 Å². The molecule has 1 aliphatic carbocycles. The number of aromatic nitrogens is 3. The zero-order valence-corrected chi connectivity index (χ0v) is 12.0. The minimum Gasteiger partial charge on any atom is -0.477 e. The Hall–Kier alpha value is -2.15. The molecule has 7 nitrogen and oxygen atoms in total. The Morgan fingerprint density at radius 2 is 2.00 bits per heavy atom. The molecule has 0 bridgehead atoms. The SMILES string of the molecule is O=C(O)c1cc2nccn2c(N2CC34CCC3(COC4)C2)n1. The van der Waals surface area contributed by atoms with Crippen LogP contribution in [0.15, 0.2) is 18.5 Å². The molecule has 2 saturated heterocycles. The maximum Gasteiger partial charge on any atom is 0.354 e. The Morgan fingerprint density at radius 3 is 2.64 bits per heavy atom. The predicted molar refractivity (Wildman–Crippen MR) is 77.1 cm³/mol. The van der Waals surface area contributed by atoms with Gasteiger partial charge in [-0.05, 0) is 12.8 Å². The van der Waals surface area contributed by atoms with Crippen LogP contribution >= 0.6 is 0 Å². The van der Waals surface area contributed by atoms with E-state index in [9.17, 15) is 9.90 Å². The molecule has 0 amide bonds. The number of ether oxygens (including phenoxy) is 1. The van der Waals surface area contributed by atoms with Crippen LogP contribution in [0.25, 0.3) is 5.65 Å². The molecule has 2 aromatic rings. The predicted octanol–water partition coefficient (Wildman–Crippen LogP) is 1.04. The number of hydrogen-bond donors (Lipinski definition) is 1. The fourth-order valence-corrected chi connectivity index (χ4v) is 4.48. The van der Waals surface area contributed by atoms with Gasteiger partial charge >= 0.3 is 5.97 Å². The summed E-state index contributed by atoms with van der Waals surface area (Å²) >= 11 is 0. The second-order valence-corrected chi connectivity index (χ2v) is 6.81. The summed E-state index contributed by atoms with van der Waals surface area (Å²) in [5, 5.41) is 9.29. The van der Waals surface area contributed by atoms with Gasteiger partial charge in [-0.15, -0.1) is 0 Å². The Kier molecular flexibility index (Phi) is 2.13. The smallest absolute Gasteiger partial charge is 0.354 e. The van der Waals surface area contributed by atoms with Crippen molar-refractivity contribution < 1.29 is 14.6 Å². The number of imidazole rings is 1. The number of hydrogen-bond acceptors (Lipinski definition) is 5. The lowest BCUT2D eigenvalue weighted by Gasteiger charge is -2.47. The van der Waals surface area contributed by atoms with Gasteiger partial charge in [-0.25, -0.2) is 14.8 Å². The number of carboxylic acids is 1. The zero-order valence-electron chi connectivity index (χ0n) is 12.0. The summed E-state index contributed by atoms with van der Waals surface area (Å²) in [6.07, 6.45) is 5.90. The fraction of sp³-hybridized carbons (Fsp3) is 0.533. The number of nitrogens with zero attached hydrogens (tertiary/aromatic N) is 4. The third kappa shape index (κ3) is 1.32. The first-order valence-electron chi connectivity index (χ1n) is 7.53. The van der Waals surface area contributed by atoms with Gasteiger partial charge in [0.1, 0.15) is 5.65 Å². The van der Waals surface area contributed by atoms with Crippen molar-refractivity contribution in [2.75, 3.05) is 31.2 Å². The molecule has 2 atom stereocenters. The van der Waals surface area contributed by atoms with Crippen LogP contribution < -0.4 is 4.90 Å². The number of anilines is 1. The van der Waals surface area contributed by atoms with Gasteiger partial charge in [0.2, 0.25) is 5.95 Å². The molecular formula is C15H16N4O3. The van der Waals surface area contributed by atoms with E-state index in [-0.39, 0.29) is 16.5 Å². The van der Waals surface area contributed by atoms with Crippen molar-refractivity contribution in [3.05, 3.63) is 24.2 Å². The van der Waals surface area contributed by atoms with Crippen LogP contribution in [0.1, 0.15) is 23.3 Å². The van der Waals surface area contributed by atoms with E-state index in [2.05, 4.69) is 14.9 Å². The topological polar surface area (TPSA) is 80.0 Å². The van der Waals surface area contributed by atoms with Crippen LogP contribution in [0, 0.1) is 10.8 Å². The van der Waals surface area contributed by atoms with Gasteiger partial charge in [-0.2, -0.15) is 0 Å². The van der Waals surface area contributed by atoms with E-state index in [4.69, 9.17) is 4.74 Å². The highest BCUT2D eigenvalue weighted by Crippen LogP contribution is 2.65. The van der Waals surface area contributed by atoms with Gasteiger partial charge in [0.25, 0.3) is 0 Å². The lowest BCUT2D eigenvalue weighted by Crippen LogP contribution is -2.49. The molecule has 1 N–H and O–H groups in total. The molecule has 4 heterocycles. The van der Waals surface area contributed by atoms with Crippen molar-refractivity contribution in [1.29, 1.82) is 0 Å². The second kappa shape index (κ2) is 3.78. The molecule has 0 spiro atoms. The Balaban J connectivity index is 1.63. The fourth-order valence-electron chi connectivity index (χ4n) is 4.48. The highest BCUT2D eigenvalue weighted by molar-refractivity contribution is 5.87. The maximum atomic E-state index is 11.3. The maximum absolute atomic E-state index is 11.3. The minimum atomic E-state index is -1.02. The van der Waals surface area contributed by atoms with Gasteiger partial charge in [0, 0.05) is 42.4 Å². The van der Waals surface area contributed by atoms with Crippen molar-refractivity contribution in [1.82, 2.24) is 14.4 Å². The van der Waals surface area contributed by atoms with Gasteiger partial charge in [0.05, 0.1) is 13.2 Å². The first-order chi connectivity index (χ1) is 10.6. The zero-order chi connectivity index (χ0) is 14.9. The quantitative estimate of drug-likeness (QED) is 0.893. The van der Waals surface area contributed by atoms with Crippen LogP contribution in [0.3, 0.4) is 0 Å². The van der Waals surface area contributed by atoms with E-state index in [1.54, 1.807) is 6.20 Å². The highest BCUT2D eigenvalue weighted by Gasteiger charge is 2.67. The number of carboxylic acid groups (broad SMARTS) is 1. The minimum absolute atomic E-state index is 0.0457. The van der Waals surface area contributed by atoms with Crippen molar-refractivity contribution in [3.63, 3.8) is 0 Å². The van der Waals surface area contributed by atoms with Gasteiger partial charge < -0.3 is 14.7 Å². The summed E-state index contributed by atoms with van der Waals surface area (Å²) in [4.78, 5) is 22.2. The summed E-state index contributed by atoms with van der Waals surface area (Å²) in [5.41, 5.74) is 1.14. The highest BCUT2D eigenvalue weighted by atomic mass is 16.5. The monoisotopic (exact) mass is 300 g/mol. The number of fused-ring (bicyclic) bond motifs is 1. The lowest BCUT2D eigenvalue weighted by molar-refractivity contribution is 0.0255. The molecule has 0 radical (unpaired) electrons. The number of aromatic carboxylic acids is 1. The van der Waals surface area contributed by atoms with E-state index in [0.29, 0.717) is 11.6 Å². The van der Waals surface area contributed by atoms with Crippen LogP contribution in [0.4, 0.5) is 5.95 Å². The van der Waals surface area contributed by atoms with Crippen molar-refractivity contribution in [3.8, 4) is 0 Å². The molecule has 114 valence electrons. The Labute approximate surface area is 126 Å². The average Bonchev–Trinajstić information content (AvgIpc) is 3.07. The van der Waals surface area contributed by atoms with E-state index in [0.717, 1.165) is 26.3 Å². The van der Waals surface area contributed by atoms with Gasteiger partial charge in [-0.3, -0.25) is 4.40 Å². The van der Waals surface area contributed by atoms with E-state index in [1.165, 1.54) is 18.9 Å². The van der Waals surface area contributed by atoms with Crippen LogP contribution in [-0.2, 0) is 4.74 Å². The van der Waals surface area contributed by atoms with Gasteiger partial charge in [-0.1, -0.05) is 0 Å². The summed E-state index contributed by atoms with van der Waals surface area (Å²) in [7, 11) is 0. The summed E-state index contributed by atoms with van der Waals surface area (Å²) in [5.74, 6) is -0.337. The molecule has 1 saturated carbocycles. The number of rotatable bonds is 2. The first kappa shape index (κ1) is 12.4. The standard InChI is InChI=1S/C15H16N4O3/c20-12(21)10-5-11-16-3-4-19(11)13(17-10)18-6-14-1-2-15(14,7-18)9-22-8-14/h3-5H,1-2,6-9H2,(H,20,21). The van der Waals surface area contributed by atoms with E-state index in [1.807, 2.05) is 10.6 Å². The molecular weight excluding hydrogens is 284 g/mol. The molecule has 2 aromatic heterocycles. The lowest BCUT2D eigenvalue weighted by atomic mass is 9.53. The van der Waals surface area contributed by atoms with Crippen LogP contribution in [0.2, 0.25) is 0 Å². The van der Waals surface area contributed by atoms with Crippen molar-refractivity contribution >= 4 is 17.6 Å². The number of carbonyl (C=O) groups is 1. The third-order valence-corrected chi connectivity index (χ3v) is 5.82. The Morgan fingerprint density at radius 1 is 1.27 bits per heavy atom. The van der Waals surface area contributed by atoms with Crippen LogP contribution in [-0.4, -0.2) is 51.7 Å². The van der Waals surface area contributed by atoms with E-state index < -0.39 is 5.97 Å². The van der Waals surface area contributed by atoms with E-state index >= 15 is 0 Å². The first-order valence-corrected chi connectivity index (χ1v) is 7.53. The van der Waals surface area contributed by atoms with Gasteiger partial charge in [0.15, 0.2) is 5.69 Å².